The summed E-state index contributed by atoms with van der Waals surface area (Å²) in [5.74, 6) is -0.483. The van der Waals surface area contributed by atoms with E-state index in [-0.39, 0.29) is 18.2 Å². The highest BCUT2D eigenvalue weighted by molar-refractivity contribution is 5.93. The van der Waals surface area contributed by atoms with Gasteiger partial charge in [0.05, 0.1) is 13.7 Å². The van der Waals surface area contributed by atoms with E-state index in [9.17, 15) is 9.18 Å². The summed E-state index contributed by atoms with van der Waals surface area (Å²) < 4.78 is 18.5. The summed E-state index contributed by atoms with van der Waals surface area (Å²) in [6, 6.07) is 12.3. The number of rotatable bonds is 6. The Morgan fingerprint density at radius 2 is 1.80 bits per heavy atom. The number of carbonyl (C=O) groups is 1. The number of carbonyl (C=O) groups excluding carboxylic acids is 1. The van der Waals surface area contributed by atoms with Crippen LogP contribution in [0.25, 0.3) is 0 Å². The van der Waals surface area contributed by atoms with Gasteiger partial charge in [0.25, 0.3) is 0 Å². The summed E-state index contributed by atoms with van der Waals surface area (Å²) in [7, 11) is 1.41. The van der Waals surface area contributed by atoms with Crippen molar-refractivity contribution in [1.29, 1.82) is 0 Å². The monoisotopic (exact) mass is 343 g/mol. The van der Waals surface area contributed by atoms with E-state index in [0.29, 0.717) is 5.69 Å². The Hall–Kier alpha value is -2.76. The molecule has 1 amide bonds. The van der Waals surface area contributed by atoms with Crippen LogP contribution < -0.4 is 20.3 Å². The van der Waals surface area contributed by atoms with E-state index in [2.05, 4.69) is 15.5 Å². The minimum absolute atomic E-state index is 0.0552. The number of anilines is 3. The summed E-state index contributed by atoms with van der Waals surface area (Å²) in [6.07, 6.45) is 2.46. The molecule has 0 aliphatic carbocycles. The SMILES string of the molecule is COc1ccc(NCC(=O)Nc2ccc(N3CCCC3)cc2)cc1F. The molecule has 2 aromatic rings. The molecule has 2 aromatic carbocycles. The highest BCUT2D eigenvalue weighted by atomic mass is 19.1. The summed E-state index contributed by atoms with van der Waals surface area (Å²) >= 11 is 0. The van der Waals surface area contributed by atoms with Crippen molar-refractivity contribution in [2.24, 2.45) is 0 Å². The molecule has 1 saturated heterocycles. The minimum atomic E-state index is -0.467. The summed E-state index contributed by atoms with van der Waals surface area (Å²) in [4.78, 5) is 14.4. The Morgan fingerprint density at radius 1 is 1.12 bits per heavy atom. The van der Waals surface area contributed by atoms with Crippen LogP contribution in [0.5, 0.6) is 5.75 Å². The maximum Gasteiger partial charge on any atom is 0.243 e. The number of amides is 1. The van der Waals surface area contributed by atoms with Crippen LogP contribution in [-0.4, -0.2) is 32.7 Å². The summed E-state index contributed by atoms with van der Waals surface area (Å²) in [6.45, 7) is 2.24. The number of halogens is 1. The lowest BCUT2D eigenvalue weighted by Gasteiger charge is -2.17. The Labute approximate surface area is 146 Å². The van der Waals surface area contributed by atoms with Gasteiger partial charge in [-0.2, -0.15) is 0 Å². The molecular formula is C19H22FN3O2. The van der Waals surface area contributed by atoms with Gasteiger partial charge < -0.3 is 20.3 Å². The quantitative estimate of drug-likeness (QED) is 0.843. The van der Waals surface area contributed by atoms with Crippen LogP contribution >= 0.6 is 0 Å². The Bertz CT molecular complexity index is 728. The number of nitrogens with one attached hydrogen (secondary N) is 2. The molecule has 1 fully saturated rings. The lowest BCUT2D eigenvalue weighted by molar-refractivity contribution is -0.114. The molecule has 5 nitrogen and oxygen atoms in total. The Morgan fingerprint density at radius 3 is 2.44 bits per heavy atom. The number of ether oxygens (including phenoxy) is 1. The largest absolute Gasteiger partial charge is 0.494 e. The molecule has 0 spiro atoms. The molecule has 1 heterocycles. The third kappa shape index (κ3) is 4.41. The molecule has 25 heavy (non-hydrogen) atoms. The van der Waals surface area contributed by atoms with Gasteiger partial charge in [0.1, 0.15) is 0 Å². The van der Waals surface area contributed by atoms with Gasteiger partial charge in [0.15, 0.2) is 11.6 Å². The number of methoxy groups -OCH3 is 1. The number of hydrogen-bond donors (Lipinski definition) is 2. The van der Waals surface area contributed by atoms with Gasteiger partial charge >= 0.3 is 0 Å². The summed E-state index contributed by atoms with van der Waals surface area (Å²) in [5, 5.41) is 5.73. The van der Waals surface area contributed by atoms with Gasteiger partial charge in [-0.1, -0.05) is 0 Å². The molecule has 1 aliphatic rings. The predicted octanol–water partition coefficient (Wildman–Crippen LogP) is 3.49. The van der Waals surface area contributed by atoms with E-state index in [0.717, 1.165) is 18.8 Å². The molecule has 0 bridgehead atoms. The zero-order valence-electron chi connectivity index (χ0n) is 14.2. The molecule has 0 atom stereocenters. The topological polar surface area (TPSA) is 53.6 Å². The first-order valence-corrected chi connectivity index (χ1v) is 8.38. The average Bonchev–Trinajstić information content (AvgIpc) is 3.15. The van der Waals surface area contributed by atoms with E-state index in [1.165, 1.54) is 37.8 Å². The van der Waals surface area contributed by atoms with Crippen LogP contribution in [0.15, 0.2) is 42.5 Å². The van der Waals surface area contributed by atoms with Crippen molar-refractivity contribution < 1.29 is 13.9 Å². The van der Waals surface area contributed by atoms with E-state index >= 15 is 0 Å². The maximum absolute atomic E-state index is 13.6. The van der Waals surface area contributed by atoms with E-state index in [1.807, 2.05) is 24.3 Å². The fourth-order valence-electron chi connectivity index (χ4n) is 2.89. The molecule has 0 radical (unpaired) electrons. The molecule has 2 N–H and O–H groups in total. The molecule has 1 aliphatic heterocycles. The van der Waals surface area contributed by atoms with Crippen LogP contribution in [0.1, 0.15) is 12.8 Å². The fraction of sp³-hybridized carbons (Fsp3) is 0.316. The first-order chi connectivity index (χ1) is 12.2. The number of nitrogens with zero attached hydrogens (tertiary/aromatic N) is 1. The maximum atomic E-state index is 13.6. The van der Waals surface area contributed by atoms with E-state index < -0.39 is 5.82 Å². The lowest BCUT2D eigenvalue weighted by Crippen LogP contribution is -2.22. The first-order valence-electron chi connectivity index (χ1n) is 8.38. The van der Waals surface area contributed by atoms with Crippen molar-refractivity contribution in [2.45, 2.75) is 12.8 Å². The zero-order valence-corrected chi connectivity index (χ0v) is 14.2. The van der Waals surface area contributed by atoms with Crippen LogP contribution in [-0.2, 0) is 4.79 Å². The van der Waals surface area contributed by atoms with Gasteiger partial charge in [-0.15, -0.1) is 0 Å². The van der Waals surface area contributed by atoms with E-state index in [4.69, 9.17) is 4.74 Å². The second-order valence-electron chi connectivity index (χ2n) is 5.99. The van der Waals surface area contributed by atoms with Crippen LogP contribution in [0, 0.1) is 5.82 Å². The first kappa shape index (κ1) is 17.1. The fourth-order valence-corrected chi connectivity index (χ4v) is 2.89. The highest BCUT2D eigenvalue weighted by Gasteiger charge is 2.12. The van der Waals surface area contributed by atoms with Crippen LogP contribution in [0.4, 0.5) is 21.5 Å². The second kappa shape index (κ2) is 7.88. The lowest BCUT2D eigenvalue weighted by atomic mass is 10.2. The van der Waals surface area contributed by atoms with Crippen molar-refractivity contribution in [3.63, 3.8) is 0 Å². The van der Waals surface area contributed by atoms with E-state index in [1.54, 1.807) is 6.07 Å². The smallest absolute Gasteiger partial charge is 0.243 e. The van der Waals surface area contributed by atoms with Crippen molar-refractivity contribution >= 4 is 23.0 Å². The molecular weight excluding hydrogens is 321 g/mol. The normalized spacial score (nSPS) is 13.6. The van der Waals surface area contributed by atoms with Crippen molar-refractivity contribution in [3.05, 3.63) is 48.3 Å². The second-order valence-corrected chi connectivity index (χ2v) is 5.99. The third-order valence-electron chi connectivity index (χ3n) is 4.23. The molecule has 3 rings (SSSR count). The third-order valence-corrected chi connectivity index (χ3v) is 4.23. The molecule has 0 unspecified atom stereocenters. The Balaban J connectivity index is 1.51. The van der Waals surface area contributed by atoms with Gasteiger partial charge in [-0.3, -0.25) is 4.79 Å². The van der Waals surface area contributed by atoms with Crippen LogP contribution in [0.3, 0.4) is 0 Å². The molecule has 132 valence electrons. The van der Waals surface area contributed by atoms with Crippen LogP contribution in [0.2, 0.25) is 0 Å². The Kier molecular flexibility index (Phi) is 5.38. The van der Waals surface area contributed by atoms with Crippen molar-refractivity contribution in [2.75, 3.05) is 42.3 Å². The minimum Gasteiger partial charge on any atom is -0.494 e. The van der Waals surface area contributed by atoms with Gasteiger partial charge in [-0.25, -0.2) is 4.39 Å². The number of benzene rings is 2. The zero-order chi connectivity index (χ0) is 17.6. The predicted molar refractivity (Wildman–Crippen MR) is 98.0 cm³/mol. The van der Waals surface area contributed by atoms with Crippen molar-refractivity contribution in [3.8, 4) is 5.75 Å². The molecule has 0 aromatic heterocycles. The van der Waals surface area contributed by atoms with Crippen molar-refractivity contribution in [1.82, 2.24) is 0 Å². The van der Waals surface area contributed by atoms with Gasteiger partial charge in [0, 0.05) is 36.2 Å². The van der Waals surface area contributed by atoms with Gasteiger partial charge in [0.2, 0.25) is 5.91 Å². The molecule has 6 heteroatoms. The average molecular weight is 343 g/mol. The van der Waals surface area contributed by atoms with Gasteiger partial charge in [-0.05, 0) is 49.2 Å². The molecule has 0 saturated carbocycles. The summed E-state index contributed by atoms with van der Waals surface area (Å²) in [5.41, 5.74) is 2.45. The number of hydrogen-bond acceptors (Lipinski definition) is 4. The standard InChI is InChI=1S/C19H22FN3O2/c1-25-18-9-6-15(12-17(18)20)21-13-19(24)22-14-4-7-16(8-5-14)23-10-2-3-11-23/h4-9,12,21H,2-3,10-11,13H2,1H3,(H,22,24). The highest BCUT2D eigenvalue weighted by Crippen LogP contribution is 2.22.